The van der Waals surface area contributed by atoms with Gasteiger partial charge >= 0.3 is 0 Å². The number of allylic oxidation sites excluding steroid dienone is 2. The van der Waals surface area contributed by atoms with Crippen molar-refractivity contribution >= 4 is 12.1 Å². The summed E-state index contributed by atoms with van der Waals surface area (Å²) in [4.78, 5) is 11.5. The van der Waals surface area contributed by atoms with E-state index in [0.29, 0.717) is 5.92 Å². The Morgan fingerprint density at radius 2 is 2.30 bits per heavy atom. The van der Waals surface area contributed by atoms with E-state index in [1.165, 1.54) is 12.1 Å². The van der Waals surface area contributed by atoms with Crippen LogP contribution in [0.2, 0.25) is 0 Å². The summed E-state index contributed by atoms with van der Waals surface area (Å²) in [5.74, 6) is -0.467. The highest BCUT2D eigenvalue weighted by atomic mass is 19.1. The maximum absolute atomic E-state index is 13.2. The molecule has 0 saturated heterocycles. The van der Waals surface area contributed by atoms with Gasteiger partial charge in [0.15, 0.2) is 18.2 Å². The first-order valence-electron chi connectivity index (χ1n) is 6.60. The molecule has 5 heteroatoms. The van der Waals surface area contributed by atoms with Crippen molar-refractivity contribution < 1.29 is 13.9 Å². The highest BCUT2D eigenvalue weighted by Gasteiger charge is 2.08. The lowest BCUT2D eigenvalue weighted by molar-refractivity contribution is -0.123. The number of hydrogen-bond acceptors (Lipinski definition) is 3. The Morgan fingerprint density at radius 3 is 3.05 bits per heavy atom. The van der Waals surface area contributed by atoms with Gasteiger partial charge in [-0.25, -0.2) is 9.82 Å². The molecule has 0 heterocycles. The van der Waals surface area contributed by atoms with Crippen molar-refractivity contribution in [3.8, 4) is 5.75 Å². The predicted molar refractivity (Wildman–Crippen MR) is 75.0 cm³/mol. The standard InChI is InChI=1S/C15H17FN2O2/c16-13-8-4-5-9-14(13)20-11-15(19)18-17-10-12-6-2-1-3-7-12/h1-2,4-5,8-10,12H,3,6-7,11H2,(H,18,19)/b17-10-/t12-/m0/s1. The van der Waals surface area contributed by atoms with Crippen LogP contribution in [0.1, 0.15) is 19.3 Å². The Kier molecular flexibility index (Phi) is 5.29. The molecule has 1 aromatic rings. The highest BCUT2D eigenvalue weighted by molar-refractivity contribution is 5.78. The molecule has 0 aliphatic heterocycles. The maximum atomic E-state index is 13.2. The first-order chi connectivity index (χ1) is 9.75. The van der Waals surface area contributed by atoms with Gasteiger partial charge < -0.3 is 4.74 Å². The van der Waals surface area contributed by atoms with E-state index in [0.717, 1.165) is 19.3 Å². The van der Waals surface area contributed by atoms with Gasteiger partial charge in [-0.15, -0.1) is 0 Å². The van der Waals surface area contributed by atoms with Crippen LogP contribution in [0.5, 0.6) is 5.75 Å². The van der Waals surface area contributed by atoms with E-state index < -0.39 is 11.7 Å². The molecule has 1 amide bonds. The monoisotopic (exact) mass is 276 g/mol. The van der Waals surface area contributed by atoms with E-state index in [2.05, 4.69) is 22.7 Å². The third-order valence-electron chi connectivity index (χ3n) is 2.98. The molecule has 2 rings (SSSR count). The van der Waals surface area contributed by atoms with Crippen molar-refractivity contribution in [2.45, 2.75) is 19.3 Å². The fourth-order valence-corrected chi connectivity index (χ4v) is 1.90. The minimum atomic E-state index is -0.488. The minimum absolute atomic E-state index is 0.0593. The molecule has 0 bridgehead atoms. The van der Waals surface area contributed by atoms with Crippen molar-refractivity contribution in [1.82, 2.24) is 5.43 Å². The Labute approximate surface area is 117 Å². The van der Waals surface area contributed by atoms with E-state index in [1.807, 2.05) is 0 Å². The summed E-state index contributed by atoms with van der Waals surface area (Å²) in [5.41, 5.74) is 2.38. The molecule has 0 fully saturated rings. The van der Waals surface area contributed by atoms with E-state index in [4.69, 9.17) is 4.74 Å². The Bertz CT molecular complexity index is 514. The molecular weight excluding hydrogens is 259 g/mol. The molecule has 106 valence electrons. The zero-order valence-electron chi connectivity index (χ0n) is 11.1. The van der Waals surface area contributed by atoms with Crippen LogP contribution in [0.4, 0.5) is 4.39 Å². The van der Waals surface area contributed by atoms with Crippen LogP contribution in [0.25, 0.3) is 0 Å². The number of nitrogens with one attached hydrogen (secondary N) is 1. The molecule has 4 nitrogen and oxygen atoms in total. The highest BCUT2D eigenvalue weighted by Crippen LogP contribution is 2.16. The van der Waals surface area contributed by atoms with Gasteiger partial charge in [-0.05, 0) is 37.3 Å². The van der Waals surface area contributed by atoms with Crippen molar-refractivity contribution in [3.63, 3.8) is 0 Å². The number of nitrogens with zero attached hydrogens (tertiary/aromatic N) is 1. The van der Waals surface area contributed by atoms with Gasteiger partial charge in [0.25, 0.3) is 5.91 Å². The lowest BCUT2D eigenvalue weighted by atomic mass is 9.96. The van der Waals surface area contributed by atoms with E-state index in [1.54, 1.807) is 18.3 Å². The van der Waals surface area contributed by atoms with Crippen LogP contribution in [-0.4, -0.2) is 18.7 Å². The number of carbonyl (C=O) groups excluding carboxylic acids is 1. The fourth-order valence-electron chi connectivity index (χ4n) is 1.90. The topological polar surface area (TPSA) is 50.7 Å². The second-order valence-corrected chi connectivity index (χ2v) is 4.58. The molecule has 1 aliphatic rings. The Balaban J connectivity index is 1.71. The van der Waals surface area contributed by atoms with Gasteiger partial charge in [-0.2, -0.15) is 5.10 Å². The number of ether oxygens (including phenoxy) is 1. The molecule has 0 radical (unpaired) electrons. The first kappa shape index (κ1) is 14.2. The van der Waals surface area contributed by atoms with Gasteiger partial charge in [0, 0.05) is 6.21 Å². The number of para-hydroxylation sites is 1. The number of benzene rings is 1. The molecule has 0 aromatic heterocycles. The summed E-state index contributed by atoms with van der Waals surface area (Å²) in [7, 11) is 0. The molecule has 1 aliphatic carbocycles. The first-order valence-corrected chi connectivity index (χ1v) is 6.60. The number of amides is 1. The summed E-state index contributed by atoms with van der Waals surface area (Å²) in [5, 5.41) is 3.90. The van der Waals surface area contributed by atoms with Crippen LogP contribution >= 0.6 is 0 Å². The van der Waals surface area contributed by atoms with Gasteiger partial charge in [-0.3, -0.25) is 4.79 Å². The second-order valence-electron chi connectivity index (χ2n) is 4.58. The average molecular weight is 276 g/mol. The van der Waals surface area contributed by atoms with Gasteiger partial charge in [0.05, 0.1) is 0 Å². The molecule has 0 saturated carbocycles. The minimum Gasteiger partial charge on any atom is -0.481 e. The third kappa shape index (κ3) is 4.50. The second kappa shape index (κ2) is 7.43. The van der Waals surface area contributed by atoms with Crippen molar-refractivity contribution in [3.05, 3.63) is 42.2 Å². The number of halogens is 1. The largest absolute Gasteiger partial charge is 0.481 e. The summed E-state index contributed by atoms with van der Waals surface area (Å²) in [6.45, 7) is -0.261. The summed E-state index contributed by atoms with van der Waals surface area (Å²) < 4.78 is 18.3. The Hall–Kier alpha value is -2.17. The van der Waals surface area contributed by atoms with E-state index in [9.17, 15) is 9.18 Å². The molecular formula is C15H17FN2O2. The summed E-state index contributed by atoms with van der Waals surface area (Å²) in [6, 6.07) is 5.96. The number of rotatable bonds is 5. The fraction of sp³-hybridized carbons (Fsp3) is 0.333. The van der Waals surface area contributed by atoms with E-state index >= 15 is 0 Å². The van der Waals surface area contributed by atoms with Crippen LogP contribution in [0.15, 0.2) is 41.5 Å². The molecule has 1 N–H and O–H groups in total. The van der Waals surface area contributed by atoms with Crippen LogP contribution < -0.4 is 10.2 Å². The van der Waals surface area contributed by atoms with Crippen LogP contribution in [-0.2, 0) is 4.79 Å². The molecule has 1 atom stereocenters. The van der Waals surface area contributed by atoms with E-state index in [-0.39, 0.29) is 12.4 Å². The Morgan fingerprint density at radius 1 is 1.45 bits per heavy atom. The molecule has 1 aromatic carbocycles. The molecule has 0 spiro atoms. The maximum Gasteiger partial charge on any atom is 0.277 e. The summed E-state index contributed by atoms with van der Waals surface area (Å²) >= 11 is 0. The lowest BCUT2D eigenvalue weighted by Crippen LogP contribution is -2.25. The third-order valence-corrected chi connectivity index (χ3v) is 2.98. The summed E-state index contributed by atoms with van der Waals surface area (Å²) in [6.07, 6.45) is 9.03. The number of hydrazone groups is 1. The van der Waals surface area contributed by atoms with Gasteiger partial charge in [0.1, 0.15) is 0 Å². The zero-order valence-corrected chi connectivity index (χ0v) is 11.1. The van der Waals surface area contributed by atoms with Crippen LogP contribution in [0, 0.1) is 11.7 Å². The van der Waals surface area contributed by atoms with Crippen LogP contribution in [0.3, 0.4) is 0 Å². The predicted octanol–water partition coefficient (Wildman–Crippen LogP) is 2.66. The van der Waals surface area contributed by atoms with Crippen molar-refractivity contribution in [1.29, 1.82) is 0 Å². The molecule has 0 unspecified atom stereocenters. The smallest absolute Gasteiger partial charge is 0.277 e. The van der Waals surface area contributed by atoms with Crippen molar-refractivity contribution in [2.24, 2.45) is 11.0 Å². The van der Waals surface area contributed by atoms with Gasteiger partial charge in [-0.1, -0.05) is 24.3 Å². The quantitative estimate of drug-likeness (QED) is 0.510. The van der Waals surface area contributed by atoms with Gasteiger partial charge in [0.2, 0.25) is 0 Å². The zero-order chi connectivity index (χ0) is 14.2. The lowest BCUT2D eigenvalue weighted by Gasteiger charge is -2.11. The number of carbonyl (C=O) groups is 1. The normalized spacial score (nSPS) is 18.1. The number of hydrogen-bond donors (Lipinski definition) is 1. The average Bonchev–Trinajstić information content (AvgIpc) is 2.47. The SMILES string of the molecule is O=C(COc1ccccc1F)N/N=C\[C@H]1CC=CCC1. The van der Waals surface area contributed by atoms with Crippen molar-refractivity contribution in [2.75, 3.05) is 6.61 Å². The molecule has 20 heavy (non-hydrogen) atoms.